The van der Waals surface area contributed by atoms with Crippen LogP contribution in [0.4, 0.5) is 4.79 Å². The van der Waals surface area contributed by atoms with Gasteiger partial charge in [0.05, 0.1) is 0 Å². The van der Waals surface area contributed by atoms with Crippen molar-refractivity contribution in [3.05, 3.63) is 83.9 Å². The quantitative estimate of drug-likeness (QED) is 0.282. The first-order valence-corrected chi connectivity index (χ1v) is 10.9. The van der Waals surface area contributed by atoms with Crippen molar-refractivity contribution in [2.24, 2.45) is 5.90 Å². The van der Waals surface area contributed by atoms with Crippen LogP contribution in [0.3, 0.4) is 0 Å². The van der Waals surface area contributed by atoms with E-state index in [0.717, 1.165) is 10.8 Å². The number of alkyl carbamates (subject to hydrolysis) is 1. The number of amides is 1. The number of fused-ring (bicyclic) bond motifs is 1. The fraction of sp³-hybridized carbons (Fsp3) is 0.231. The summed E-state index contributed by atoms with van der Waals surface area (Å²) in [6.45, 7) is 1.33. The first-order chi connectivity index (χ1) is 16.8. The molecule has 2 atom stereocenters. The van der Waals surface area contributed by atoms with Crippen LogP contribution in [0.1, 0.15) is 24.5 Å². The van der Waals surface area contributed by atoms with Gasteiger partial charge in [0, 0.05) is 12.8 Å². The summed E-state index contributed by atoms with van der Waals surface area (Å²) in [5.74, 6) is 1.79. The summed E-state index contributed by atoms with van der Waals surface area (Å²) in [5, 5.41) is 13.8. The van der Waals surface area contributed by atoms with Crippen molar-refractivity contribution in [3.8, 4) is 0 Å². The lowest BCUT2D eigenvalue weighted by Crippen LogP contribution is -2.67. The van der Waals surface area contributed by atoms with Crippen molar-refractivity contribution in [2.75, 3.05) is 0 Å². The van der Waals surface area contributed by atoms with E-state index < -0.39 is 41.7 Å². The Labute approximate surface area is 201 Å². The predicted molar refractivity (Wildman–Crippen MR) is 127 cm³/mol. The maximum Gasteiger partial charge on any atom is 0.408 e. The molecule has 0 saturated heterocycles. The molecule has 182 valence electrons. The molecule has 0 aromatic heterocycles. The van der Waals surface area contributed by atoms with Crippen LogP contribution in [0, 0.1) is 0 Å². The van der Waals surface area contributed by atoms with E-state index in [1.54, 1.807) is 54.6 Å². The minimum atomic E-state index is -2.87. The van der Waals surface area contributed by atoms with Crippen LogP contribution < -0.4 is 11.2 Å². The molecule has 0 aliphatic heterocycles. The van der Waals surface area contributed by atoms with E-state index in [1.165, 1.54) is 6.92 Å². The Bertz CT molecular complexity index is 1220. The maximum absolute atomic E-state index is 13.4. The Morgan fingerprint density at radius 3 is 2.29 bits per heavy atom. The summed E-state index contributed by atoms with van der Waals surface area (Å²) in [6, 6.07) is 19.3. The van der Waals surface area contributed by atoms with Gasteiger partial charge in [-0.1, -0.05) is 79.7 Å². The average molecular weight is 479 g/mol. The highest BCUT2D eigenvalue weighted by molar-refractivity contribution is 6.14. The van der Waals surface area contributed by atoms with Gasteiger partial charge in [0.2, 0.25) is 0 Å². The lowest BCUT2D eigenvalue weighted by molar-refractivity contribution is -0.179. The smallest absolute Gasteiger partial charge is 0.408 e. The minimum absolute atomic E-state index is 0.132. The van der Waals surface area contributed by atoms with Crippen molar-refractivity contribution < 1.29 is 33.9 Å². The SMILES string of the molecule is CCC(=O)C(NC(=O)OCc1ccccc1)C(ON)(C(=O)O)C(=O)Cc1cccc2ccccc12. The Kier molecular flexibility index (Phi) is 8.30. The largest absolute Gasteiger partial charge is 0.479 e. The molecule has 3 aromatic rings. The number of ether oxygens (including phenoxy) is 1. The fourth-order valence-corrected chi connectivity index (χ4v) is 3.83. The molecule has 1 amide bonds. The normalized spacial score (nSPS) is 13.4. The number of hydrogen-bond donors (Lipinski definition) is 3. The zero-order chi connectivity index (χ0) is 25.4. The number of carboxylic acids is 1. The van der Waals surface area contributed by atoms with Crippen LogP contribution in [0.5, 0.6) is 0 Å². The van der Waals surface area contributed by atoms with Gasteiger partial charge in [0.25, 0.3) is 5.60 Å². The van der Waals surface area contributed by atoms with E-state index in [2.05, 4.69) is 5.32 Å². The first kappa shape index (κ1) is 25.5. The number of carbonyl (C=O) groups excluding carboxylic acids is 3. The molecule has 0 radical (unpaired) electrons. The number of nitrogens with two attached hydrogens (primary N) is 1. The molecule has 4 N–H and O–H groups in total. The van der Waals surface area contributed by atoms with Crippen LogP contribution in [0.15, 0.2) is 72.8 Å². The number of Topliss-reactive ketones (excluding diaryl/α,β-unsaturated/α-hetero) is 2. The molecule has 0 bridgehead atoms. The maximum atomic E-state index is 13.4. The molecule has 9 nitrogen and oxygen atoms in total. The van der Waals surface area contributed by atoms with Crippen LogP contribution in [0.25, 0.3) is 10.8 Å². The summed E-state index contributed by atoms with van der Waals surface area (Å²) in [5.41, 5.74) is -1.67. The summed E-state index contributed by atoms with van der Waals surface area (Å²) < 4.78 is 5.13. The van der Waals surface area contributed by atoms with Gasteiger partial charge in [-0.2, -0.15) is 0 Å². The second kappa shape index (κ2) is 11.4. The number of nitrogens with one attached hydrogen (secondary N) is 1. The van der Waals surface area contributed by atoms with E-state index in [1.807, 2.05) is 18.2 Å². The summed E-state index contributed by atoms with van der Waals surface area (Å²) in [7, 11) is 0. The Morgan fingerprint density at radius 1 is 0.971 bits per heavy atom. The second-order valence-corrected chi connectivity index (χ2v) is 7.86. The van der Waals surface area contributed by atoms with Crippen LogP contribution in [0.2, 0.25) is 0 Å². The van der Waals surface area contributed by atoms with Gasteiger partial charge in [-0.25, -0.2) is 15.5 Å². The molecule has 0 spiro atoms. The van der Waals surface area contributed by atoms with Gasteiger partial charge in [-0.15, -0.1) is 0 Å². The average Bonchev–Trinajstić information content (AvgIpc) is 2.87. The number of aliphatic carboxylic acids is 1. The van der Waals surface area contributed by atoms with E-state index in [0.29, 0.717) is 11.1 Å². The van der Waals surface area contributed by atoms with Crippen molar-refractivity contribution in [3.63, 3.8) is 0 Å². The third-order valence-corrected chi connectivity index (χ3v) is 5.70. The Hall–Kier alpha value is -4.08. The molecule has 0 aliphatic carbocycles. The zero-order valence-corrected chi connectivity index (χ0v) is 19.1. The fourth-order valence-electron chi connectivity index (χ4n) is 3.83. The molecule has 35 heavy (non-hydrogen) atoms. The third-order valence-electron chi connectivity index (χ3n) is 5.70. The van der Waals surface area contributed by atoms with Gasteiger partial charge >= 0.3 is 12.1 Å². The van der Waals surface area contributed by atoms with Crippen molar-refractivity contribution in [1.82, 2.24) is 5.32 Å². The summed E-state index contributed by atoms with van der Waals surface area (Å²) in [6.07, 6.45) is -1.69. The van der Waals surface area contributed by atoms with Crippen LogP contribution in [-0.2, 0) is 37.0 Å². The van der Waals surface area contributed by atoms with Gasteiger partial charge in [-0.05, 0) is 21.9 Å². The molecule has 3 rings (SSSR count). The Morgan fingerprint density at radius 2 is 1.63 bits per heavy atom. The predicted octanol–water partition coefficient (Wildman–Crippen LogP) is 2.94. The summed E-state index contributed by atoms with van der Waals surface area (Å²) in [4.78, 5) is 55.9. The second-order valence-electron chi connectivity index (χ2n) is 7.86. The van der Waals surface area contributed by atoms with Crippen molar-refractivity contribution >= 4 is 34.4 Å². The molecular weight excluding hydrogens is 452 g/mol. The minimum Gasteiger partial charge on any atom is -0.479 e. The number of ketones is 2. The number of rotatable bonds is 11. The third kappa shape index (κ3) is 5.53. The molecule has 0 fully saturated rings. The van der Waals surface area contributed by atoms with Crippen LogP contribution in [-0.4, -0.2) is 40.4 Å². The number of carboxylic acid groups (broad SMARTS) is 1. The molecule has 0 heterocycles. The Balaban J connectivity index is 1.91. The lowest BCUT2D eigenvalue weighted by Gasteiger charge is -2.33. The molecular formula is C26H26N2O7. The molecule has 0 saturated carbocycles. The first-order valence-electron chi connectivity index (χ1n) is 10.9. The monoisotopic (exact) mass is 478 g/mol. The van der Waals surface area contributed by atoms with Gasteiger partial charge < -0.3 is 15.2 Å². The van der Waals surface area contributed by atoms with E-state index in [-0.39, 0.29) is 13.0 Å². The van der Waals surface area contributed by atoms with Crippen molar-refractivity contribution in [1.29, 1.82) is 0 Å². The number of benzene rings is 3. The van der Waals surface area contributed by atoms with E-state index in [4.69, 9.17) is 15.5 Å². The number of hydrogen-bond acceptors (Lipinski definition) is 7. The van der Waals surface area contributed by atoms with E-state index in [9.17, 15) is 24.3 Å². The zero-order valence-electron chi connectivity index (χ0n) is 19.1. The van der Waals surface area contributed by atoms with Crippen LogP contribution >= 0.6 is 0 Å². The lowest BCUT2D eigenvalue weighted by atomic mass is 9.82. The van der Waals surface area contributed by atoms with Gasteiger partial charge in [0.15, 0.2) is 11.6 Å². The molecule has 9 heteroatoms. The topological polar surface area (TPSA) is 145 Å². The molecule has 3 aromatic carbocycles. The van der Waals surface area contributed by atoms with Crippen molar-refractivity contribution in [2.45, 2.75) is 38.0 Å². The standard InChI is InChI=1S/C26H26N2O7/c1-2-21(29)23(28-25(33)34-16-17-9-4-3-5-10-17)26(35-27,24(31)32)22(30)15-19-13-8-12-18-11-6-7-14-20(18)19/h3-14,23H,2,15-16,27H2,1H3,(H,28,33)(H,31,32). The van der Waals surface area contributed by atoms with E-state index >= 15 is 0 Å². The van der Waals surface area contributed by atoms with Gasteiger partial charge in [-0.3, -0.25) is 14.4 Å². The number of carbonyl (C=O) groups is 4. The highest BCUT2D eigenvalue weighted by Crippen LogP contribution is 2.25. The highest BCUT2D eigenvalue weighted by atomic mass is 16.7. The molecule has 0 aliphatic rings. The summed E-state index contributed by atoms with van der Waals surface area (Å²) >= 11 is 0. The molecule has 2 unspecified atom stereocenters. The van der Waals surface area contributed by atoms with Gasteiger partial charge in [0.1, 0.15) is 12.6 Å². The highest BCUT2D eigenvalue weighted by Gasteiger charge is 2.57.